The number of aliphatic hydroxyl groups is 1. The zero-order valence-corrected chi connectivity index (χ0v) is 13.6. The van der Waals surface area contributed by atoms with E-state index in [4.69, 9.17) is 11.6 Å². The Kier molecular flexibility index (Phi) is 4.14. The first-order chi connectivity index (χ1) is 10.9. The lowest BCUT2D eigenvalue weighted by molar-refractivity contribution is -0.137. The topological polar surface area (TPSA) is 82.8 Å². The summed E-state index contributed by atoms with van der Waals surface area (Å²) in [4.78, 5) is 24.8. The number of aromatic nitrogens is 1. The average Bonchev–Trinajstić information content (AvgIpc) is 2.95. The molecule has 1 aromatic heterocycles. The van der Waals surface area contributed by atoms with E-state index in [2.05, 4.69) is 0 Å². The number of halogens is 1. The first-order valence-electron chi connectivity index (χ1n) is 7.92. The van der Waals surface area contributed by atoms with Crippen LogP contribution in [0.3, 0.4) is 0 Å². The van der Waals surface area contributed by atoms with Gasteiger partial charge in [-0.15, -0.1) is 0 Å². The Morgan fingerprint density at radius 2 is 2.00 bits per heavy atom. The van der Waals surface area contributed by atoms with Crippen molar-refractivity contribution in [2.45, 2.75) is 44.2 Å². The fraction of sp³-hybridized carbons (Fsp3) is 0.625. The molecule has 1 spiro atoms. The molecule has 0 radical (unpaired) electrons. The Bertz CT molecular complexity index is 668. The highest BCUT2D eigenvalue weighted by molar-refractivity contribution is 6.30. The predicted octanol–water partition coefficient (Wildman–Crippen LogP) is 2.18. The van der Waals surface area contributed by atoms with Gasteiger partial charge >= 0.3 is 6.09 Å². The third kappa shape index (κ3) is 2.85. The minimum Gasteiger partial charge on any atom is -0.465 e. The second-order valence-corrected chi connectivity index (χ2v) is 7.22. The maximum Gasteiger partial charge on any atom is 0.407 e. The van der Waals surface area contributed by atoms with E-state index in [1.807, 2.05) is 0 Å². The quantitative estimate of drug-likeness (QED) is 0.864. The van der Waals surface area contributed by atoms with Crippen LogP contribution in [-0.4, -0.2) is 44.5 Å². The van der Waals surface area contributed by atoms with Crippen LogP contribution in [0.25, 0.3) is 0 Å². The summed E-state index contributed by atoms with van der Waals surface area (Å²) < 4.78 is 1.47. The number of hydrogen-bond acceptors (Lipinski definition) is 3. The van der Waals surface area contributed by atoms with Gasteiger partial charge in [0.1, 0.15) is 0 Å². The zero-order valence-electron chi connectivity index (χ0n) is 12.9. The average molecular weight is 341 g/mol. The molecule has 6 nitrogen and oxygen atoms in total. The number of carboxylic acid groups (broad SMARTS) is 1. The maximum absolute atomic E-state index is 12.1. The van der Waals surface area contributed by atoms with Crippen molar-refractivity contribution in [1.29, 1.82) is 0 Å². The van der Waals surface area contributed by atoms with Crippen LogP contribution in [-0.2, 0) is 6.54 Å². The third-order valence-corrected chi connectivity index (χ3v) is 5.73. The highest BCUT2D eigenvalue weighted by Gasteiger charge is 2.55. The van der Waals surface area contributed by atoms with Crippen LogP contribution in [0.2, 0.25) is 5.02 Å². The molecule has 2 aliphatic rings. The van der Waals surface area contributed by atoms with Crippen molar-refractivity contribution in [2.24, 2.45) is 5.41 Å². The van der Waals surface area contributed by atoms with Gasteiger partial charge in [-0.05, 0) is 25.3 Å². The molecule has 0 aromatic carbocycles. The van der Waals surface area contributed by atoms with Crippen molar-refractivity contribution in [1.82, 2.24) is 9.47 Å². The monoisotopic (exact) mass is 340 g/mol. The van der Waals surface area contributed by atoms with Gasteiger partial charge in [0.15, 0.2) is 0 Å². The normalized spacial score (nSPS) is 26.6. The molecule has 0 unspecified atom stereocenters. The van der Waals surface area contributed by atoms with Gasteiger partial charge in [-0.25, -0.2) is 4.79 Å². The van der Waals surface area contributed by atoms with Gasteiger partial charge < -0.3 is 19.7 Å². The molecule has 0 bridgehead atoms. The number of rotatable bonds is 2. The first-order valence-corrected chi connectivity index (χ1v) is 8.29. The van der Waals surface area contributed by atoms with Crippen LogP contribution < -0.4 is 5.56 Å². The van der Waals surface area contributed by atoms with E-state index in [1.165, 1.54) is 15.5 Å². The van der Waals surface area contributed by atoms with Crippen molar-refractivity contribution in [3.63, 3.8) is 0 Å². The number of amides is 1. The van der Waals surface area contributed by atoms with Gasteiger partial charge in [0.25, 0.3) is 5.56 Å². The van der Waals surface area contributed by atoms with Crippen LogP contribution in [0.5, 0.6) is 0 Å². The summed E-state index contributed by atoms with van der Waals surface area (Å²) in [6.45, 7) is 0.799. The van der Waals surface area contributed by atoms with Crippen molar-refractivity contribution in [2.75, 3.05) is 13.1 Å². The van der Waals surface area contributed by atoms with E-state index in [9.17, 15) is 19.8 Å². The van der Waals surface area contributed by atoms with Crippen LogP contribution in [0.1, 0.15) is 32.1 Å². The van der Waals surface area contributed by atoms with Crippen molar-refractivity contribution in [3.8, 4) is 0 Å². The van der Waals surface area contributed by atoms with E-state index in [0.717, 1.165) is 25.7 Å². The fourth-order valence-electron chi connectivity index (χ4n) is 4.16. The van der Waals surface area contributed by atoms with Gasteiger partial charge in [0.05, 0.1) is 12.1 Å². The highest BCUT2D eigenvalue weighted by atomic mass is 35.5. The molecule has 1 saturated heterocycles. The smallest absolute Gasteiger partial charge is 0.407 e. The number of carbonyl (C=O) groups is 1. The summed E-state index contributed by atoms with van der Waals surface area (Å²) in [5.41, 5.74) is -1.80. The van der Waals surface area contributed by atoms with Gasteiger partial charge in [-0.1, -0.05) is 24.4 Å². The molecule has 2 N–H and O–H groups in total. The number of nitrogens with zero attached hydrogens (tertiary/aromatic N) is 2. The Balaban J connectivity index is 1.92. The Morgan fingerprint density at radius 1 is 1.30 bits per heavy atom. The molecule has 1 aliphatic carbocycles. The molecular formula is C16H21ClN2O4. The Hall–Kier alpha value is -1.53. The SMILES string of the molecule is O=C(O)N1CC[C@@](O)(Cn2ccc(Cl)cc2=O)C2(CCCC2)C1. The molecular weight excluding hydrogens is 320 g/mol. The van der Waals surface area contributed by atoms with Gasteiger partial charge in [0, 0.05) is 35.8 Å². The summed E-state index contributed by atoms with van der Waals surface area (Å²) in [6.07, 6.45) is 4.52. The Morgan fingerprint density at radius 3 is 2.61 bits per heavy atom. The number of pyridine rings is 1. The van der Waals surface area contributed by atoms with E-state index in [-0.39, 0.29) is 18.6 Å². The molecule has 1 aromatic rings. The molecule has 1 amide bonds. The summed E-state index contributed by atoms with van der Waals surface area (Å²) in [6, 6.07) is 2.96. The van der Waals surface area contributed by atoms with E-state index >= 15 is 0 Å². The molecule has 3 rings (SSSR count). The third-order valence-electron chi connectivity index (χ3n) is 5.50. The summed E-state index contributed by atoms with van der Waals surface area (Å²) in [5, 5.41) is 21.0. The van der Waals surface area contributed by atoms with E-state index < -0.39 is 17.1 Å². The van der Waals surface area contributed by atoms with Crippen LogP contribution in [0.4, 0.5) is 4.79 Å². The second kappa shape index (κ2) is 5.83. The largest absolute Gasteiger partial charge is 0.465 e. The summed E-state index contributed by atoms with van der Waals surface area (Å²) in [7, 11) is 0. The minimum absolute atomic E-state index is 0.177. The van der Waals surface area contributed by atoms with E-state index in [1.54, 1.807) is 12.3 Å². The highest BCUT2D eigenvalue weighted by Crippen LogP contribution is 2.51. The number of likely N-dealkylation sites (tertiary alicyclic amines) is 1. The standard InChI is InChI=1S/C16H21ClN2O4/c17-12-3-7-18(13(20)9-12)11-16(23)6-8-19(14(21)22)10-15(16)4-1-2-5-15/h3,7,9,23H,1-2,4-6,8,10-11H2,(H,21,22)/t16-/m1/s1. The van der Waals surface area contributed by atoms with Crippen molar-refractivity contribution < 1.29 is 15.0 Å². The predicted molar refractivity (Wildman–Crippen MR) is 85.8 cm³/mol. The zero-order chi connectivity index (χ0) is 16.7. The molecule has 1 aliphatic heterocycles. The summed E-state index contributed by atoms with van der Waals surface area (Å²) >= 11 is 5.82. The summed E-state index contributed by atoms with van der Waals surface area (Å²) in [5.74, 6) is 0. The lowest BCUT2D eigenvalue weighted by atomic mass is 9.66. The molecule has 23 heavy (non-hydrogen) atoms. The fourth-order valence-corrected chi connectivity index (χ4v) is 4.31. The molecule has 1 saturated carbocycles. The van der Waals surface area contributed by atoms with Crippen LogP contribution in [0, 0.1) is 5.41 Å². The van der Waals surface area contributed by atoms with Crippen LogP contribution >= 0.6 is 11.6 Å². The minimum atomic E-state index is -1.08. The Labute approximate surface area is 139 Å². The molecule has 2 heterocycles. The molecule has 126 valence electrons. The number of hydrogen-bond donors (Lipinski definition) is 2. The lowest BCUT2D eigenvalue weighted by Gasteiger charge is -2.51. The van der Waals surface area contributed by atoms with Gasteiger partial charge in [0.2, 0.25) is 0 Å². The number of piperidine rings is 1. The maximum atomic E-state index is 12.1. The molecule has 7 heteroatoms. The van der Waals surface area contributed by atoms with Crippen molar-refractivity contribution >= 4 is 17.7 Å². The van der Waals surface area contributed by atoms with E-state index in [0.29, 0.717) is 18.0 Å². The van der Waals surface area contributed by atoms with Crippen molar-refractivity contribution in [3.05, 3.63) is 33.7 Å². The molecule has 1 atom stereocenters. The van der Waals surface area contributed by atoms with Gasteiger partial charge in [-0.3, -0.25) is 4.79 Å². The lowest BCUT2D eigenvalue weighted by Crippen LogP contribution is -2.62. The van der Waals surface area contributed by atoms with Crippen LogP contribution in [0.15, 0.2) is 23.1 Å². The second-order valence-electron chi connectivity index (χ2n) is 6.78. The molecule has 2 fully saturated rings. The van der Waals surface area contributed by atoms with Gasteiger partial charge in [-0.2, -0.15) is 0 Å². The first kappa shape index (κ1) is 16.3.